The fourth-order valence-electron chi connectivity index (χ4n) is 2.43. The highest BCUT2D eigenvalue weighted by Crippen LogP contribution is 2.47. The third-order valence-corrected chi connectivity index (χ3v) is 3.88. The van der Waals surface area contributed by atoms with Crippen LogP contribution in [-0.2, 0) is 4.79 Å². The second-order valence-corrected chi connectivity index (χ2v) is 6.98. The van der Waals surface area contributed by atoms with E-state index < -0.39 is 0 Å². The van der Waals surface area contributed by atoms with Crippen molar-refractivity contribution in [1.82, 2.24) is 5.32 Å². The fourth-order valence-corrected chi connectivity index (χ4v) is 2.43. The predicted octanol–water partition coefficient (Wildman–Crippen LogP) is 2.77. The molecular formula is C17H26N2O. The van der Waals surface area contributed by atoms with Gasteiger partial charge < -0.3 is 11.1 Å². The van der Waals surface area contributed by atoms with Gasteiger partial charge in [-0.15, -0.1) is 0 Å². The Bertz CT molecular complexity index is 471. The molecule has 2 rings (SSSR count). The molecule has 1 aliphatic rings. The van der Waals surface area contributed by atoms with Crippen molar-refractivity contribution in [1.29, 1.82) is 0 Å². The van der Waals surface area contributed by atoms with Crippen LogP contribution in [0.15, 0.2) is 24.3 Å². The third kappa shape index (κ3) is 3.83. The lowest BCUT2D eigenvalue weighted by molar-refractivity contribution is -0.122. The van der Waals surface area contributed by atoms with E-state index in [1.165, 1.54) is 11.1 Å². The quantitative estimate of drug-likeness (QED) is 0.867. The van der Waals surface area contributed by atoms with E-state index in [0.717, 1.165) is 6.42 Å². The van der Waals surface area contributed by atoms with Crippen LogP contribution in [0.25, 0.3) is 0 Å². The van der Waals surface area contributed by atoms with Gasteiger partial charge in [0.1, 0.15) is 0 Å². The predicted molar refractivity (Wildman–Crippen MR) is 82.7 cm³/mol. The van der Waals surface area contributed by atoms with Crippen LogP contribution in [0.3, 0.4) is 0 Å². The first-order valence-corrected chi connectivity index (χ1v) is 7.44. The summed E-state index contributed by atoms with van der Waals surface area (Å²) in [4.78, 5) is 12.0. The summed E-state index contributed by atoms with van der Waals surface area (Å²) in [6.07, 6.45) is 0.956. The van der Waals surface area contributed by atoms with E-state index in [2.05, 4.69) is 43.4 Å². The summed E-state index contributed by atoms with van der Waals surface area (Å²) < 4.78 is 0. The average Bonchev–Trinajstić information content (AvgIpc) is 3.15. The standard InChI is InChI=1S/C17H26N2O/c1-11(2)12-5-7-13(8-6-12)14-9-15(14)16(20)19-10-17(3,4)18/h5-8,11,14-15H,9-10,18H2,1-4H3,(H,19,20). The Morgan fingerprint density at radius 3 is 2.45 bits per heavy atom. The first kappa shape index (κ1) is 15.0. The molecular weight excluding hydrogens is 248 g/mol. The van der Waals surface area contributed by atoms with Crippen molar-refractivity contribution in [2.24, 2.45) is 11.7 Å². The Labute approximate surface area is 121 Å². The Hall–Kier alpha value is -1.35. The average molecular weight is 274 g/mol. The van der Waals surface area contributed by atoms with E-state index in [-0.39, 0.29) is 17.4 Å². The van der Waals surface area contributed by atoms with Crippen LogP contribution in [0.2, 0.25) is 0 Å². The van der Waals surface area contributed by atoms with E-state index in [1.807, 2.05) is 13.8 Å². The van der Waals surface area contributed by atoms with Crippen LogP contribution in [0, 0.1) is 5.92 Å². The van der Waals surface area contributed by atoms with Gasteiger partial charge in [-0.05, 0) is 43.2 Å². The Morgan fingerprint density at radius 2 is 1.95 bits per heavy atom. The fraction of sp³-hybridized carbons (Fsp3) is 0.588. The molecule has 1 amide bonds. The van der Waals surface area contributed by atoms with Gasteiger partial charge in [0.15, 0.2) is 0 Å². The first-order valence-electron chi connectivity index (χ1n) is 7.44. The summed E-state index contributed by atoms with van der Waals surface area (Å²) in [5, 5.41) is 2.95. The number of benzene rings is 1. The molecule has 0 bridgehead atoms. The monoisotopic (exact) mass is 274 g/mol. The van der Waals surface area contributed by atoms with E-state index >= 15 is 0 Å². The van der Waals surface area contributed by atoms with Gasteiger partial charge in [0.05, 0.1) is 0 Å². The zero-order chi connectivity index (χ0) is 14.9. The number of carbonyl (C=O) groups is 1. The summed E-state index contributed by atoms with van der Waals surface area (Å²) in [5.41, 5.74) is 8.16. The number of amides is 1. The zero-order valence-corrected chi connectivity index (χ0v) is 12.9. The second kappa shape index (κ2) is 5.57. The van der Waals surface area contributed by atoms with Gasteiger partial charge in [-0.2, -0.15) is 0 Å². The lowest BCUT2D eigenvalue weighted by Crippen LogP contribution is -2.45. The van der Waals surface area contributed by atoms with Crippen LogP contribution in [0.5, 0.6) is 0 Å². The highest BCUT2D eigenvalue weighted by molar-refractivity contribution is 5.82. The van der Waals surface area contributed by atoms with Crippen LogP contribution >= 0.6 is 0 Å². The van der Waals surface area contributed by atoms with E-state index in [1.54, 1.807) is 0 Å². The molecule has 1 fully saturated rings. The summed E-state index contributed by atoms with van der Waals surface area (Å²) in [6.45, 7) is 8.75. The minimum absolute atomic E-state index is 0.127. The summed E-state index contributed by atoms with van der Waals surface area (Å²) in [5.74, 6) is 1.20. The molecule has 0 aliphatic heterocycles. The number of hydrogen-bond acceptors (Lipinski definition) is 2. The van der Waals surface area contributed by atoms with Crippen molar-refractivity contribution in [3.8, 4) is 0 Å². The third-order valence-electron chi connectivity index (χ3n) is 3.88. The van der Waals surface area contributed by atoms with Crippen molar-refractivity contribution in [2.45, 2.75) is 51.5 Å². The zero-order valence-electron chi connectivity index (χ0n) is 12.9. The molecule has 1 aromatic carbocycles. The lowest BCUT2D eigenvalue weighted by Gasteiger charge is -2.18. The summed E-state index contributed by atoms with van der Waals surface area (Å²) >= 11 is 0. The molecule has 20 heavy (non-hydrogen) atoms. The molecule has 0 aromatic heterocycles. The van der Waals surface area contributed by atoms with Gasteiger partial charge in [-0.25, -0.2) is 0 Å². The molecule has 3 N–H and O–H groups in total. The molecule has 0 saturated heterocycles. The molecule has 1 aliphatic carbocycles. The van der Waals surface area contributed by atoms with Gasteiger partial charge in [-0.1, -0.05) is 38.1 Å². The van der Waals surface area contributed by atoms with Crippen molar-refractivity contribution >= 4 is 5.91 Å². The van der Waals surface area contributed by atoms with Gasteiger partial charge in [0.25, 0.3) is 0 Å². The second-order valence-electron chi connectivity index (χ2n) is 6.98. The van der Waals surface area contributed by atoms with E-state index in [0.29, 0.717) is 18.4 Å². The molecule has 0 heterocycles. The topological polar surface area (TPSA) is 55.1 Å². The smallest absolute Gasteiger partial charge is 0.223 e. The van der Waals surface area contributed by atoms with Crippen molar-refractivity contribution < 1.29 is 4.79 Å². The number of rotatable bonds is 5. The lowest BCUT2D eigenvalue weighted by atomic mass is 10.00. The van der Waals surface area contributed by atoms with Crippen molar-refractivity contribution in [2.75, 3.05) is 6.54 Å². The van der Waals surface area contributed by atoms with Gasteiger partial charge in [0, 0.05) is 18.0 Å². The number of nitrogens with one attached hydrogen (secondary N) is 1. The summed E-state index contributed by atoms with van der Waals surface area (Å²) in [7, 11) is 0. The maximum absolute atomic E-state index is 12.0. The summed E-state index contributed by atoms with van der Waals surface area (Å²) in [6, 6.07) is 8.69. The molecule has 2 unspecified atom stereocenters. The van der Waals surface area contributed by atoms with Gasteiger partial charge in [-0.3, -0.25) is 4.79 Å². The molecule has 3 heteroatoms. The van der Waals surface area contributed by atoms with Gasteiger partial charge >= 0.3 is 0 Å². The molecule has 0 spiro atoms. The molecule has 1 aromatic rings. The molecule has 3 nitrogen and oxygen atoms in total. The highest BCUT2D eigenvalue weighted by Gasteiger charge is 2.43. The van der Waals surface area contributed by atoms with Gasteiger partial charge in [0.2, 0.25) is 5.91 Å². The molecule has 1 saturated carbocycles. The molecule has 2 atom stereocenters. The van der Waals surface area contributed by atoms with Crippen LogP contribution in [0.4, 0.5) is 0 Å². The Balaban J connectivity index is 1.89. The number of carbonyl (C=O) groups excluding carboxylic acids is 1. The number of hydrogen-bond donors (Lipinski definition) is 2. The van der Waals surface area contributed by atoms with Crippen LogP contribution < -0.4 is 11.1 Å². The minimum atomic E-state index is -0.348. The van der Waals surface area contributed by atoms with Crippen molar-refractivity contribution in [3.05, 3.63) is 35.4 Å². The van der Waals surface area contributed by atoms with E-state index in [4.69, 9.17) is 5.73 Å². The Morgan fingerprint density at radius 1 is 1.35 bits per heavy atom. The van der Waals surface area contributed by atoms with E-state index in [9.17, 15) is 4.79 Å². The first-order chi connectivity index (χ1) is 9.28. The highest BCUT2D eigenvalue weighted by atomic mass is 16.2. The normalized spacial score (nSPS) is 21.9. The largest absolute Gasteiger partial charge is 0.354 e. The van der Waals surface area contributed by atoms with Crippen molar-refractivity contribution in [3.63, 3.8) is 0 Å². The SMILES string of the molecule is CC(C)c1ccc(C2CC2C(=O)NCC(C)(C)N)cc1. The maximum Gasteiger partial charge on any atom is 0.223 e. The molecule has 0 radical (unpaired) electrons. The maximum atomic E-state index is 12.0. The minimum Gasteiger partial charge on any atom is -0.354 e. The van der Waals surface area contributed by atoms with Crippen LogP contribution in [0.1, 0.15) is 57.1 Å². The van der Waals surface area contributed by atoms with Crippen LogP contribution in [-0.4, -0.2) is 18.0 Å². The molecule has 110 valence electrons. The Kier molecular flexibility index (Phi) is 4.19. The number of nitrogens with two attached hydrogens (primary N) is 1.